The number of aromatic carboxylic acids is 2. The van der Waals surface area contributed by atoms with Gasteiger partial charge in [0.15, 0.2) is 0 Å². The van der Waals surface area contributed by atoms with Crippen molar-refractivity contribution in [2.75, 3.05) is 0 Å². The quantitative estimate of drug-likeness (QED) is 0.196. The molecule has 0 N–H and O–H groups in total. The largest absolute Gasteiger partial charge is 2.00 e. The Morgan fingerprint density at radius 1 is 0.590 bits per heavy atom. The van der Waals surface area contributed by atoms with E-state index in [4.69, 9.17) is 0 Å². The Bertz CT molecular complexity index is 1190. The van der Waals surface area contributed by atoms with Gasteiger partial charge in [-0.15, -0.1) is 0 Å². The van der Waals surface area contributed by atoms with Gasteiger partial charge in [0.05, 0.1) is 32.9 Å². The summed E-state index contributed by atoms with van der Waals surface area (Å²) < 4.78 is 0. The van der Waals surface area contributed by atoms with E-state index < -0.39 is 44.3 Å². The van der Waals surface area contributed by atoms with Crippen LogP contribution in [0.25, 0.3) is 0 Å². The standard InChI is InChI=1S/2C7H5NO4.2C6H7N.Cu/c2*9-7(10)5-3-1-2-4-6(5)8(11)12;2*1-6-2-4-7-5-3-6;/h2*1-4H,(H,9,10);2*2-5H,1H3;/q;;;;+2/p-2. The van der Waals surface area contributed by atoms with Crippen molar-refractivity contribution >= 4 is 23.3 Å². The number of carbonyl (C=O) groups is 2. The summed E-state index contributed by atoms with van der Waals surface area (Å²) in [5.41, 5.74) is 0.824. The Morgan fingerprint density at radius 2 is 0.872 bits per heavy atom. The van der Waals surface area contributed by atoms with Gasteiger partial charge in [-0.1, -0.05) is 24.3 Å². The Hall–Kier alpha value is -5.00. The topological polar surface area (TPSA) is 192 Å². The average Bonchev–Trinajstić information content (AvgIpc) is 2.90. The molecule has 0 saturated heterocycles. The van der Waals surface area contributed by atoms with Crippen LogP contribution >= 0.6 is 0 Å². The molecule has 4 rings (SSSR count). The predicted molar refractivity (Wildman–Crippen MR) is 133 cm³/mol. The van der Waals surface area contributed by atoms with Crippen LogP contribution in [0.2, 0.25) is 0 Å². The molecular formula is C26H22CuN4O8. The van der Waals surface area contributed by atoms with Crippen LogP contribution in [0.15, 0.2) is 97.6 Å². The molecule has 0 spiro atoms. The van der Waals surface area contributed by atoms with Crippen molar-refractivity contribution in [1.82, 2.24) is 9.97 Å². The Balaban J connectivity index is 0.000000504. The molecule has 0 fully saturated rings. The van der Waals surface area contributed by atoms with E-state index in [-0.39, 0.29) is 17.1 Å². The number of nitro groups is 2. The Kier molecular flexibility index (Phi) is 15.9. The molecule has 0 unspecified atom stereocenters. The predicted octanol–water partition coefficient (Wildman–Crippen LogP) is 2.69. The maximum absolute atomic E-state index is 10.3. The van der Waals surface area contributed by atoms with Gasteiger partial charge in [-0.3, -0.25) is 30.2 Å². The van der Waals surface area contributed by atoms with Crippen LogP contribution < -0.4 is 10.2 Å². The minimum atomic E-state index is -1.54. The van der Waals surface area contributed by atoms with E-state index >= 15 is 0 Å². The van der Waals surface area contributed by atoms with Gasteiger partial charge in [-0.2, -0.15) is 0 Å². The number of aryl methyl sites for hydroxylation is 2. The molecule has 2 aromatic heterocycles. The van der Waals surface area contributed by atoms with Gasteiger partial charge in [0.25, 0.3) is 11.4 Å². The van der Waals surface area contributed by atoms with E-state index in [0.717, 1.165) is 24.3 Å². The van der Waals surface area contributed by atoms with Crippen molar-refractivity contribution in [2.45, 2.75) is 13.8 Å². The molecular weight excluding hydrogens is 560 g/mol. The van der Waals surface area contributed by atoms with E-state index in [9.17, 15) is 40.0 Å². The maximum Gasteiger partial charge on any atom is 2.00 e. The van der Waals surface area contributed by atoms with E-state index in [1.165, 1.54) is 35.4 Å². The van der Waals surface area contributed by atoms with E-state index in [1.807, 2.05) is 38.1 Å². The smallest absolute Gasteiger partial charge is 0.545 e. The van der Waals surface area contributed by atoms with Crippen LogP contribution in [-0.2, 0) is 17.1 Å². The molecule has 0 saturated carbocycles. The molecule has 13 heteroatoms. The summed E-state index contributed by atoms with van der Waals surface area (Å²) >= 11 is 0. The number of nitrogens with zero attached hydrogens (tertiary/aromatic N) is 4. The first-order chi connectivity index (χ1) is 18.0. The van der Waals surface area contributed by atoms with Crippen LogP contribution in [0, 0.1) is 34.1 Å². The van der Waals surface area contributed by atoms with Gasteiger partial charge in [0.1, 0.15) is 0 Å². The number of carboxylic acids is 2. The third-order valence-corrected chi connectivity index (χ3v) is 4.34. The molecule has 4 aromatic rings. The monoisotopic (exact) mass is 581 g/mol. The van der Waals surface area contributed by atoms with E-state index in [2.05, 4.69) is 9.97 Å². The Labute approximate surface area is 233 Å². The van der Waals surface area contributed by atoms with Crippen molar-refractivity contribution in [2.24, 2.45) is 0 Å². The van der Waals surface area contributed by atoms with Crippen LogP contribution in [0.4, 0.5) is 11.4 Å². The Morgan fingerprint density at radius 3 is 1.05 bits per heavy atom. The molecule has 2 heterocycles. The van der Waals surface area contributed by atoms with E-state index in [1.54, 1.807) is 24.8 Å². The van der Waals surface area contributed by atoms with Gasteiger partial charge in [-0.05, 0) is 61.4 Å². The zero-order chi connectivity index (χ0) is 28.5. The van der Waals surface area contributed by atoms with Gasteiger partial charge >= 0.3 is 17.1 Å². The fourth-order valence-electron chi connectivity index (χ4n) is 2.46. The van der Waals surface area contributed by atoms with Crippen molar-refractivity contribution in [1.29, 1.82) is 0 Å². The van der Waals surface area contributed by atoms with Gasteiger partial charge in [0, 0.05) is 36.9 Å². The van der Waals surface area contributed by atoms with Gasteiger partial charge in [0.2, 0.25) is 0 Å². The van der Waals surface area contributed by atoms with Crippen molar-refractivity contribution < 1.29 is 46.7 Å². The van der Waals surface area contributed by atoms with Crippen LogP contribution in [0.1, 0.15) is 31.8 Å². The van der Waals surface area contributed by atoms with Crippen LogP contribution in [0.5, 0.6) is 0 Å². The van der Waals surface area contributed by atoms with Crippen LogP contribution in [0.3, 0.4) is 0 Å². The summed E-state index contributed by atoms with van der Waals surface area (Å²) in [5.74, 6) is -3.08. The molecule has 0 aliphatic heterocycles. The number of carbonyl (C=O) groups excluding carboxylic acids is 2. The fraction of sp³-hybridized carbons (Fsp3) is 0.0769. The molecule has 0 amide bonds. The molecule has 0 atom stereocenters. The number of para-hydroxylation sites is 2. The molecule has 0 aliphatic carbocycles. The number of carboxylic acid groups (broad SMARTS) is 2. The number of rotatable bonds is 4. The van der Waals surface area contributed by atoms with Crippen molar-refractivity contribution in [3.8, 4) is 0 Å². The first-order valence-corrected chi connectivity index (χ1v) is 10.7. The maximum atomic E-state index is 10.3. The second-order valence-electron chi connectivity index (χ2n) is 7.17. The minimum Gasteiger partial charge on any atom is -0.545 e. The number of hydrogen-bond donors (Lipinski definition) is 0. The molecule has 2 aromatic carbocycles. The average molecular weight is 582 g/mol. The molecule has 1 radical (unpaired) electrons. The first-order valence-electron chi connectivity index (χ1n) is 10.7. The molecule has 205 valence electrons. The fourth-order valence-corrected chi connectivity index (χ4v) is 2.46. The normalized spacial score (nSPS) is 8.87. The third-order valence-electron chi connectivity index (χ3n) is 4.34. The van der Waals surface area contributed by atoms with Gasteiger partial charge < -0.3 is 19.8 Å². The SMILES string of the molecule is Cc1ccncc1.Cc1ccncc1.O=C([O-])c1ccccc1[N+](=O)[O-].O=C([O-])c1ccccc1[N+](=O)[O-].[Cu+2]. The van der Waals surface area contributed by atoms with Crippen LogP contribution in [-0.4, -0.2) is 31.8 Å². The zero-order valence-electron chi connectivity index (χ0n) is 20.6. The number of pyridine rings is 2. The summed E-state index contributed by atoms with van der Waals surface area (Å²) in [6.07, 6.45) is 7.15. The number of benzene rings is 2. The number of nitro benzene ring substituents is 2. The summed E-state index contributed by atoms with van der Waals surface area (Å²) in [5, 5.41) is 41.1. The second kappa shape index (κ2) is 18.3. The number of aromatic nitrogens is 2. The molecule has 12 nitrogen and oxygen atoms in total. The molecule has 0 aliphatic rings. The molecule has 0 bridgehead atoms. The summed E-state index contributed by atoms with van der Waals surface area (Å²) in [4.78, 5) is 47.3. The summed E-state index contributed by atoms with van der Waals surface area (Å²) in [6.45, 7) is 4.09. The van der Waals surface area contributed by atoms with Crippen molar-refractivity contribution in [3.63, 3.8) is 0 Å². The third kappa shape index (κ3) is 13.2. The van der Waals surface area contributed by atoms with Crippen molar-refractivity contribution in [3.05, 3.63) is 140 Å². The first kappa shape index (κ1) is 34.0. The summed E-state index contributed by atoms with van der Waals surface area (Å²) in [7, 11) is 0. The molecule has 39 heavy (non-hydrogen) atoms. The number of hydrogen-bond acceptors (Lipinski definition) is 10. The van der Waals surface area contributed by atoms with E-state index in [0.29, 0.717) is 0 Å². The second-order valence-corrected chi connectivity index (χ2v) is 7.17. The van der Waals surface area contributed by atoms with Gasteiger partial charge in [-0.25, -0.2) is 0 Å². The zero-order valence-corrected chi connectivity index (χ0v) is 21.5. The summed E-state index contributed by atoms with van der Waals surface area (Å²) in [6, 6.07) is 18.0. The minimum absolute atomic E-state index is 0.